The van der Waals surface area contributed by atoms with E-state index in [2.05, 4.69) is 9.47 Å². The Balaban J connectivity index is 3.65. The van der Waals surface area contributed by atoms with E-state index >= 15 is 0 Å². The largest absolute Gasteiger partial charge is 0.512 e. The summed E-state index contributed by atoms with van der Waals surface area (Å²) < 4.78 is 13.7. The quantitative estimate of drug-likeness (QED) is 0.302. The van der Waals surface area contributed by atoms with E-state index in [1.54, 1.807) is 0 Å². The number of rotatable bonds is 7. The molecule has 0 saturated heterocycles. The third-order valence-electron chi connectivity index (χ3n) is 1.72. The number of carbonyl (C=O) groups excluding carboxylic acids is 2. The van der Waals surface area contributed by atoms with Crippen LogP contribution in [0.3, 0.4) is 0 Å². The average Bonchev–Trinajstić information content (AvgIpc) is 2.17. The van der Waals surface area contributed by atoms with Crippen molar-refractivity contribution in [3.05, 3.63) is 0 Å². The molecule has 0 N–H and O–H groups in total. The van der Waals surface area contributed by atoms with Crippen molar-refractivity contribution < 1.29 is 23.8 Å². The summed E-state index contributed by atoms with van der Waals surface area (Å²) in [5, 5.41) is 0. The fraction of sp³-hybridized carbons (Fsp3) is 0.800. The predicted octanol–water partition coefficient (Wildman–Crippen LogP) is 2.81. The molecule has 1 atom stereocenters. The number of halogens is 1. The lowest BCUT2D eigenvalue weighted by Crippen LogP contribution is -2.22. The van der Waals surface area contributed by atoms with Crippen LogP contribution in [0.2, 0.25) is 0 Å². The highest BCUT2D eigenvalue weighted by molar-refractivity contribution is 6.17. The third-order valence-corrected chi connectivity index (χ3v) is 1.83. The molecule has 0 aliphatic rings. The fourth-order valence-electron chi connectivity index (χ4n) is 1.00. The summed E-state index contributed by atoms with van der Waals surface area (Å²) in [6.07, 6.45) is 1.19. The van der Waals surface area contributed by atoms with Gasteiger partial charge in [-0.15, -0.1) is 0 Å². The maximum atomic E-state index is 11.2. The summed E-state index contributed by atoms with van der Waals surface area (Å²) in [6.45, 7) is 3.48. The van der Waals surface area contributed by atoms with Gasteiger partial charge >= 0.3 is 12.1 Å². The topological polar surface area (TPSA) is 61.8 Å². The monoisotopic (exact) mass is 252 g/mol. The van der Waals surface area contributed by atoms with Crippen LogP contribution in [-0.2, 0) is 19.0 Å². The first-order valence-electron chi connectivity index (χ1n) is 5.19. The SMILES string of the molecule is CCCCCC(=O)OC(C)OC(=O)OCCl. The van der Waals surface area contributed by atoms with Crippen LogP contribution < -0.4 is 0 Å². The molecule has 0 amide bonds. The van der Waals surface area contributed by atoms with Gasteiger partial charge in [0, 0.05) is 13.3 Å². The van der Waals surface area contributed by atoms with Crippen LogP contribution in [0.15, 0.2) is 0 Å². The van der Waals surface area contributed by atoms with Crippen molar-refractivity contribution in [3.8, 4) is 0 Å². The van der Waals surface area contributed by atoms with Crippen LogP contribution in [0.25, 0.3) is 0 Å². The number of ether oxygens (including phenoxy) is 3. The molecule has 16 heavy (non-hydrogen) atoms. The molecular formula is C10H17ClO5. The van der Waals surface area contributed by atoms with Gasteiger partial charge in [-0.3, -0.25) is 4.79 Å². The Hall–Kier alpha value is -0.970. The van der Waals surface area contributed by atoms with E-state index < -0.39 is 12.4 Å². The van der Waals surface area contributed by atoms with Crippen LogP contribution in [0, 0.1) is 0 Å². The molecule has 0 fully saturated rings. The molecule has 6 heteroatoms. The van der Waals surface area contributed by atoms with E-state index in [9.17, 15) is 9.59 Å². The first-order valence-corrected chi connectivity index (χ1v) is 5.72. The Morgan fingerprint density at radius 2 is 1.94 bits per heavy atom. The zero-order chi connectivity index (χ0) is 12.4. The standard InChI is InChI=1S/C10H17ClO5/c1-3-4-5-6-9(12)15-8(2)16-10(13)14-7-11/h8H,3-7H2,1-2H3. The second kappa shape index (κ2) is 9.27. The minimum absolute atomic E-state index is 0.296. The summed E-state index contributed by atoms with van der Waals surface area (Å²) in [7, 11) is 0. The van der Waals surface area contributed by atoms with Gasteiger partial charge in [0.05, 0.1) is 0 Å². The van der Waals surface area contributed by atoms with Crippen LogP contribution >= 0.6 is 11.6 Å². The first-order chi connectivity index (χ1) is 7.60. The zero-order valence-electron chi connectivity index (χ0n) is 9.53. The molecule has 0 heterocycles. The molecule has 94 valence electrons. The molecule has 0 aromatic carbocycles. The van der Waals surface area contributed by atoms with Gasteiger partial charge in [0.1, 0.15) is 0 Å². The highest BCUT2D eigenvalue weighted by atomic mass is 35.5. The summed E-state index contributed by atoms with van der Waals surface area (Å²) in [6, 6.07) is -0.296. The number of hydrogen-bond donors (Lipinski definition) is 0. The van der Waals surface area contributed by atoms with Gasteiger partial charge < -0.3 is 14.2 Å². The van der Waals surface area contributed by atoms with Crippen molar-refractivity contribution in [2.45, 2.75) is 45.8 Å². The molecule has 1 unspecified atom stereocenters. The first kappa shape index (κ1) is 15.0. The van der Waals surface area contributed by atoms with Crippen molar-refractivity contribution in [2.24, 2.45) is 0 Å². The molecule has 0 spiro atoms. The van der Waals surface area contributed by atoms with Crippen LogP contribution in [0.1, 0.15) is 39.5 Å². The Bertz CT molecular complexity index is 219. The lowest BCUT2D eigenvalue weighted by atomic mass is 10.2. The van der Waals surface area contributed by atoms with Gasteiger partial charge in [0.15, 0.2) is 6.07 Å². The predicted molar refractivity (Wildman–Crippen MR) is 58.0 cm³/mol. The van der Waals surface area contributed by atoms with E-state index in [0.29, 0.717) is 6.42 Å². The molecule has 0 aromatic rings. The van der Waals surface area contributed by atoms with E-state index in [-0.39, 0.29) is 12.0 Å². The fourth-order valence-corrected chi connectivity index (χ4v) is 1.09. The Kier molecular flexibility index (Phi) is 8.71. The Morgan fingerprint density at radius 1 is 1.25 bits per heavy atom. The lowest BCUT2D eigenvalue weighted by molar-refractivity contribution is -0.167. The normalized spacial score (nSPS) is 11.7. The molecule has 0 saturated carbocycles. The van der Waals surface area contributed by atoms with Gasteiger partial charge in [-0.25, -0.2) is 4.79 Å². The Morgan fingerprint density at radius 3 is 2.50 bits per heavy atom. The van der Waals surface area contributed by atoms with Crippen molar-refractivity contribution in [1.82, 2.24) is 0 Å². The van der Waals surface area contributed by atoms with Crippen molar-refractivity contribution in [2.75, 3.05) is 6.07 Å². The van der Waals surface area contributed by atoms with Crippen molar-refractivity contribution in [3.63, 3.8) is 0 Å². The summed E-state index contributed by atoms with van der Waals surface area (Å²) in [5.41, 5.74) is 0. The summed E-state index contributed by atoms with van der Waals surface area (Å²) in [5.74, 6) is -0.389. The van der Waals surface area contributed by atoms with Gasteiger partial charge in [-0.2, -0.15) is 0 Å². The lowest BCUT2D eigenvalue weighted by Gasteiger charge is -2.13. The van der Waals surface area contributed by atoms with Crippen molar-refractivity contribution in [1.29, 1.82) is 0 Å². The molecule has 0 aliphatic carbocycles. The highest BCUT2D eigenvalue weighted by Gasteiger charge is 2.14. The van der Waals surface area contributed by atoms with Gasteiger partial charge in [-0.05, 0) is 6.42 Å². The second-order valence-corrected chi connectivity index (χ2v) is 3.35. The van der Waals surface area contributed by atoms with Gasteiger partial charge in [-0.1, -0.05) is 31.4 Å². The maximum Gasteiger partial charge on any atom is 0.512 e. The molecule has 0 radical (unpaired) electrons. The van der Waals surface area contributed by atoms with E-state index in [0.717, 1.165) is 19.3 Å². The van der Waals surface area contributed by atoms with Crippen LogP contribution in [0.5, 0.6) is 0 Å². The highest BCUT2D eigenvalue weighted by Crippen LogP contribution is 2.04. The minimum atomic E-state index is -0.955. The maximum absolute atomic E-state index is 11.2. The van der Waals surface area contributed by atoms with Gasteiger partial charge in [0.25, 0.3) is 0 Å². The molecule has 0 rings (SSSR count). The van der Waals surface area contributed by atoms with E-state index in [1.165, 1.54) is 6.92 Å². The van der Waals surface area contributed by atoms with Crippen LogP contribution in [0.4, 0.5) is 4.79 Å². The molecule has 0 aliphatic heterocycles. The summed E-state index contributed by atoms with van der Waals surface area (Å²) in [4.78, 5) is 22.0. The van der Waals surface area contributed by atoms with E-state index in [1.807, 2.05) is 6.92 Å². The summed E-state index contributed by atoms with van der Waals surface area (Å²) >= 11 is 5.14. The number of alkyl halides is 1. The van der Waals surface area contributed by atoms with Gasteiger partial charge in [0.2, 0.25) is 6.29 Å². The molecule has 0 bridgehead atoms. The zero-order valence-corrected chi connectivity index (χ0v) is 10.3. The second-order valence-electron chi connectivity index (χ2n) is 3.14. The number of hydrogen-bond acceptors (Lipinski definition) is 5. The van der Waals surface area contributed by atoms with Crippen LogP contribution in [-0.4, -0.2) is 24.5 Å². The number of esters is 1. The molecular weight excluding hydrogens is 236 g/mol. The molecule has 5 nitrogen and oxygen atoms in total. The average molecular weight is 253 g/mol. The Labute approximate surface area is 100.0 Å². The third kappa shape index (κ3) is 8.35. The number of carbonyl (C=O) groups is 2. The number of unbranched alkanes of at least 4 members (excludes halogenated alkanes) is 2. The van der Waals surface area contributed by atoms with E-state index in [4.69, 9.17) is 16.3 Å². The minimum Gasteiger partial charge on any atom is -0.425 e. The smallest absolute Gasteiger partial charge is 0.425 e. The van der Waals surface area contributed by atoms with Crippen molar-refractivity contribution >= 4 is 23.7 Å². The molecule has 0 aromatic heterocycles.